The van der Waals surface area contributed by atoms with Crippen LogP contribution in [0.5, 0.6) is 0 Å². The minimum absolute atomic E-state index is 0.143. The summed E-state index contributed by atoms with van der Waals surface area (Å²) in [6.07, 6.45) is 2.07. The number of amides is 1. The average Bonchev–Trinajstić information content (AvgIpc) is 2.84. The summed E-state index contributed by atoms with van der Waals surface area (Å²) in [7, 11) is 0. The number of nitrogens with zero attached hydrogens (tertiary/aromatic N) is 2. The lowest BCUT2D eigenvalue weighted by Crippen LogP contribution is -2.29. The van der Waals surface area contributed by atoms with Crippen LogP contribution in [0.4, 0.5) is 5.82 Å². The van der Waals surface area contributed by atoms with E-state index >= 15 is 0 Å². The Bertz CT molecular complexity index is 1270. The second-order valence-corrected chi connectivity index (χ2v) is 8.67. The van der Waals surface area contributed by atoms with Gasteiger partial charge in [0.2, 0.25) is 5.91 Å². The molecule has 1 heterocycles. The highest BCUT2D eigenvalue weighted by atomic mass is 35.5. The van der Waals surface area contributed by atoms with Gasteiger partial charge in [0.25, 0.3) is 5.56 Å². The molecule has 2 aromatic carbocycles. The number of rotatable bonds is 12. The van der Waals surface area contributed by atoms with Gasteiger partial charge in [-0.1, -0.05) is 66.5 Å². The minimum atomic E-state index is -0.246. The molecule has 0 bridgehead atoms. The van der Waals surface area contributed by atoms with Crippen molar-refractivity contribution < 1.29 is 9.63 Å². The second kappa shape index (κ2) is 12.9. The number of aromatic amines is 1. The molecule has 1 amide bonds. The first-order valence-corrected chi connectivity index (χ1v) is 12.0. The first-order valence-electron chi connectivity index (χ1n) is 11.2. The molecule has 0 aliphatic carbocycles. The quantitative estimate of drug-likeness (QED) is 0.132. The fourth-order valence-corrected chi connectivity index (χ4v) is 3.86. The normalized spacial score (nSPS) is 11.3. The molecule has 0 radical (unpaired) electrons. The zero-order valence-electron chi connectivity index (χ0n) is 19.4. The first-order chi connectivity index (χ1) is 16.9. The Kier molecular flexibility index (Phi) is 9.69. The number of halogens is 2. The lowest BCUT2D eigenvalue weighted by Gasteiger charge is -2.10. The molecule has 0 saturated heterocycles. The molecule has 0 aliphatic rings. The Labute approximate surface area is 213 Å². The van der Waals surface area contributed by atoms with Crippen molar-refractivity contribution in [3.63, 3.8) is 0 Å². The third-order valence-corrected chi connectivity index (χ3v) is 5.47. The summed E-state index contributed by atoms with van der Waals surface area (Å²) in [4.78, 5) is 29.5. The third-order valence-electron chi connectivity index (χ3n) is 5.03. The first kappa shape index (κ1) is 26.2. The molecule has 35 heavy (non-hydrogen) atoms. The molecule has 184 valence electrons. The zero-order chi connectivity index (χ0) is 25.2. The van der Waals surface area contributed by atoms with E-state index in [0.29, 0.717) is 58.7 Å². The van der Waals surface area contributed by atoms with Crippen molar-refractivity contribution >= 4 is 51.4 Å². The van der Waals surface area contributed by atoms with Crippen LogP contribution in [0.3, 0.4) is 0 Å². The lowest BCUT2D eigenvalue weighted by atomic mass is 10.1. The molecule has 3 aromatic rings. The molecule has 3 N–H and O–H groups in total. The van der Waals surface area contributed by atoms with Crippen molar-refractivity contribution in [3.8, 4) is 0 Å². The molecule has 0 aliphatic heterocycles. The second-order valence-electron chi connectivity index (χ2n) is 7.80. The average molecular weight is 516 g/mol. The number of allylic oxidation sites excluding steroid dienone is 1. The smallest absolute Gasteiger partial charge is 0.272 e. The van der Waals surface area contributed by atoms with Crippen LogP contribution < -0.4 is 16.2 Å². The lowest BCUT2D eigenvalue weighted by molar-refractivity contribution is -0.121. The molecule has 0 fully saturated rings. The maximum atomic E-state index is 12.2. The molecule has 3 rings (SSSR count). The summed E-state index contributed by atoms with van der Waals surface area (Å²) >= 11 is 12.2. The van der Waals surface area contributed by atoms with Crippen molar-refractivity contribution in [2.45, 2.75) is 32.6 Å². The monoisotopic (exact) mass is 515 g/mol. The Balaban J connectivity index is 1.43. The van der Waals surface area contributed by atoms with Crippen molar-refractivity contribution in [2.24, 2.45) is 5.16 Å². The van der Waals surface area contributed by atoms with Crippen LogP contribution in [0.15, 0.2) is 64.8 Å². The van der Waals surface area contributed by atoms with E-state index in [2.05, 4.69) is 32.6 Å². The number of carbonyl (C=O) groups excluding carboxylic acids is 1. The van der Waals surface area contributed by atoms with E-state index in [9.17, 15) is 9.59 Å². The Morgan fingerprint density at radius 3 is 2.51 bits per heavy atom. The maximum Gasteiger partial charge on any atom is 0.272 e. The zero-order valence-corrected chi connectivity index (χ0v) is 20.9. The van der Waals surface area contributed by atoms with E-state index in [1.54, 1.807) is 30.3 Å². The van der Waals surface area contributed by atoms with Gasteiger partial charge in [0.1, 0.15) is 5.76 Å². The SMILES string of the molecule is C=C(CCC(=O)NCCNc1n[nH]c(=O)c2ccccc12)O/N=C(\CCC)c1cc(Cl)cc(Cl)c1. The number of anilines is 1. The fourth-order valence-electron chi connectivity index (χ4n) is 3.34. The third kappa shape index (κ3) is 7.83. The van der Waals surface area contributed by atoms with Crippen molar-refractivity contribution in [2.75, 3.05) is 18.4 Å². The van der Waals surface area contributed by atoms with Crippen LogP contribution in [0.25, 0.3) is 10.8 Å². The van der Waals surface area contributed by atoms with Crippen molar-refractivity contribution in [1.29, 1.82) is 0 Å². The Morgan fingerprint density at radius 2 is 1.80 bits per heavy atom. The van der Waals surface area contributed by atoms with Crippen LogP contribution in [0.1, 0.15) is 38.2 Å². The van der Waals surface area contributed by atoms with Gasteiger partial charge < -0.3 is 15.5 Å². The van der Waals surface area contributed by atoms with Crippen LogP contribution in [-0.4, -0.2) is 34.9 Å². The largest absolute Gasteiger partial charge is 0.366 e. The van der Waals surface area contributed by atoms with E-state index < -0.39 is 0 Å². The summed E-state index contributed by atoms with van der Waals surface area (Å²) in [5.41, 5.74) is 1.24. The molecule has 0 spiro atoms. The summed E-state index contributed by atoms with van der Waals surface area (Å²) in [5, 5.41) is 19.0. The van der Waals surface area contributed by atoms with Gasteiger partial charge in [0.05, 0.1) is 11.1 Å². The highest BCUT2D eigenvalue weighted by Crippen LogP contribution is 2.21. The van der Waals surface area contributed by atoms with Crippen LogP contribution in [-0.2, 0) is 9.63 Å². The van der Waals surface area contributed by atoms with Crippen LogP contribution >= 0.6 is 23.2 Å². The number of hydrogen-bond acceptors (Lipinski definition) is 6. The summed E-state index contributed by atoms with van der Waals surface area (Å²) < 4.78 is 0. The van der Waals surface area contributed by atoms with E-state index in [1.807, 2.05) is 19.1 Å². The predicted octanol–water partition coefficient (Wildman–Crippen LogP) is 5.27. The number of hydrogen-bond donors (Lipinski definition) is 3. The number of oxime groups is 1. The van der Waals surface area contributed by atoms with Crippen molar-refractivity contribution in [3.05, 3.63) is 80.8 Å². The summed E-state index contributed by atoms with van der Waals surface area (Å²) in [5.74, 6) is 0.789. The van der Waals surface area contributed by atoms with Gasteiger partial charge in [-0.05, 0) is 30.7 Å². The van der Waals surface area contributed by atoms with E-state index in [-0.39, 0.29) is 17.9 Å². The van der Waals surface area contributed by atoms with Gasteiger partial charge in [-0.25, -0.2) is 5.10 Å². The van der Waals surface area contributed by atoms with Crippen LogP contribution in [0.2, 0.25) is 10.0 Å². The van der Waals surface area contributed by atoms with Gasteiger partial charge in [0.15, 0.2) is 5.82 Å². The highest BCUT2D eigenvalue weighted by molar-refractivity contribution is 6.35. The number of benzene rings is 2. The number of aromatic nitrogens is 2. The van der Waals surface area contributed by atoms with Gasteiger partial charge in [-0.3, -0.25) is 9.59 Å². The molecule has 0 unspecified atom stereocenters. The molecule has 0 saturated carbocycles. The number of H-pyrrole nitrogens is 1. The molecule has 8 nitrogen and oxygen atoms in total. The summed E-state index contributed by atoms with van der Waals surface area (Å²) in [6.45, 7) is 6.71. The number of carbonyl (C=O) groups is 1. The van der Waals surface area contributed by atoms with Gasteiger partial charge in [-0.2, -0.15) is 5.10 Å². The van der Waals surface area contributed by atoms with Gasteiger partial charge >= 0.3 is 0 Å². The number of nitrogens with one attached hydrogen (secondary N) is 3. The topological polar surface area (TPSA) is 108 Å². The predicted molar refractivity (Wildman–Crippen MR) is 141 cm³/mol. The summed E-state index contributed by atoms with van der Waals surface area (Å²) in [6, 6.07) is 12.4. The minimum Gasteiger partial charge on any atom is -0.366 e. The molecular weight excluding hydrogens is 489 g/mol. The van der Waals surface area contributed by atoms with E-state index in [4.69, 9.17) is 28.0 Å². The molecular formula is C25H27Cl2N5O3. The fraction of sp³-hybridized carbons (Fsp3) is 0.280. The maximum absolute atomic E-state index is 12.2. The highest BCUT2D eigenvalue weighted by Gasteiger charge is 2.09. The van der Waals surface area contributed by atoms with E-state index in [0.717, 1.165) is 17.4 Å². The standard InChI is InChI=1S/C25H27Cl2N5O3/c1-3-6-22(17-13-18(26)15-19(27)14-17)32-35-16(2)9-10-23(33)28-11-12-29-24-20-7-4-5-8-21(20)25(34)31-30-24/h4-5,7-8,13-15H,2-3,6,9-12H2,1H3,(H,28,33)(H,29,30)(H,31,34)/b32-22+. The van der Waals surface area contributed by atoms with Crippen molar-refractivity contribution in [1.82, 2.24) is 15.5 Å². The molecule has 10 heteroatoms. The van der Waals surface area contributed by atoms with Gasteiger partial charge in [-0.15, -0.1) is 0 Å². The Hall–Kier alpha value is -3.36. The molecule has 1 aromatic heterocycles. The van der Waals surface area contributed by atoms with E-state index in [1.165, 1.54) is 0 Å². The number of fused-ring (bicyclic) bond motifs is 1. The van der Waals surface area contributed by atoms with Crippen LogP contribution in [0, 0.1) is 0 Å². The Morgan fingerprint density at radius 1 is 1.09 bits per heavy atom. The molecule has 0 atom stereocenters. The van der Waals surface area contributed by atoms with Gasteiger partial charge in [0, 0.05) is 46.9 Å².